The molecule has 0 aliphatic carbocycles. The highest BCUT2D eigenvalue weighted by Crippen LogP contribution is 2.29. The van der Waals surface area contributed by atoms with Crippen LogP contribution in [0.4, 0.5) is 5.69 Å². The highest BCUT2D eigenvalue weighted by Gasteiger charge is 2.28. The fourth-order valence-electron chi connectivity index (χ4n) is 4.19. The number of nitrogens with two attached hydrogens (primary N) is 1. The monoisotopic (exact) mass is 385 g/mol. The van der Waals surface area contributed by atoms with Gasteiger partial charge in [-0.25, -0.2) is 0 Å². The predicted molar refractivity (Wildman–Crippen MR) is 118 cm³/mol. The third-order valence-corrected chi connectivity index (χ3v) is 5.54. The Morgan fingerprint density at radius 2 is 1.38 bits per heavy atom. The first-order chi connectivity index (χ1) is 14.1. The Balaban J connectivity index is 1.52. The average molecular weight is 386 g/mol. The molecular weight excluding hydrogens is 358 g/mol. The summed E-state index contributed by atoms with van der Waals surface area (Å²) in [6.07, 6.45) is 0. The maximum atomic E-state index is 13.0. The van der Waals surface area contributed by atoms with Crippen molar-refractivity contribution in [1.29, 1.82) is 0 Å². The molecule has 1 saturated heterocycles. The second-order valence-electron chi connectivity index (χ2n) is 7.68. The molecule has 0 radical (unpaired) electrons. The van der Waals surface area contributed by atoms with Crippen LogP contribution in [-0.4, -0.2) is 41.9 Å². The zero-order valence-corrected chi connectivity index (χ0v) is 16.8. The molecular formula is C25H27N3O. The van der Waals surface area contributed by atoms with Crippen LogP contribution < -0.4 is 5.73 Å². The summed E-state index contributed by atoms with van der Waals surface area (Å²) in [6.45, 7) is 5.06. The van der Waals surface area contributed by atoms with Crippen molar-refractivity contribution in [3.05, 3.63) is 101 Å². The number of piperazine rings is 1. The van der Waals surface area contributed by atoms with Gasteiger partial charge in [0.05, 0.1) is 6.04 Å². The van der Waals surface area contributed by atoms with Gasteiger partial charge in [0.15, 0.2) is 0 Å². The first kappa shape index (κ1) is 19.2. The molecule has 4 nitrogen and oxygen atoms in total. The van der Waals surface area contributed by atoms with Crippen LogP contribution in [-0.2, 0) is 0 Å². The van der Waals surface area contributed by atoms with E-state index >= 15 is 0 Å². The molecule has 29 heavy (non-hydrogen) atoms. The SMILES string of the molecule is Cc1cc(N)cc(C(=O)N2CCN(C(c3ccccc3)c3ccccc3)CC2)c1. The quantitative estimate of drug-likeness (QED) is 0.687. The molecule has 1 heterocycles. The number of rotatable bonds is 4. The van der Waals surface area contributed by atoms with Gasteiger partial charge in [-0.3, -0.25) is 9.69 Å². The molecule has 3 aromatic rings. The second-order valence-corrected chi connectivity index (χ2v) is 7.68. The maximum absolute atomic E-state index is 13.0. The van der Waals surface area contributed by atoms with Gasteiger partial charge in [-0.05, 0) is 41.8 Å². The van der Waals surface area contributed by atoms with Crippen molar-refractivity contribution in [2.24, 2.45) is 0 Å². The molecule has 1 aliphatic heterocycles. The van der Waals surface area contributed by atoms with Gasteiger partial charge < -0.3 is 10.6 Å². The third kappa shape index (κ3) is 4.33. The average Bonchev–Trinajstić information content (AvgIpc) is 2.75. The third-order valence-electron chi connectivity index (χ3n) is 5.54. The van der Waals surface area contributed by atoms with E-state index in [1.54, 1.807) is 6.07 Å². The van der Waals surface area contributed by atoms with Crippen molar-refractivity contribution in [3.63, 3.8) is 0 Å². The molecule has 4 heteroatoms. The van der Waals surface area contributed by atoms with Crippen LogP contribution in [0.3, 0.4) is 0 Å². The maximum Gasteiger partial charge on any atom is 0.254 e. The van der Waals surface area contributed by atoms with Crippen molar-refractivity contribution < 1.29 is 4.79 Å². The number of nitrogen functional groups attached to an aromatic ring is 1. The molecule has 1 fully saturated rings. The van der Waals surface area contributed by atoms with Crippen LogP contribution >= 0.6 is 0 Å². The molecule has 0 bridgehead atoms. The largest absolute Gasteiger partial charge is 0.399 e. The summed E-state index contributed by atoms with van der Waals surface area (Å²) >= 11 is 0. The van der Waals surface area contributed by atoms with Gasteiger partial charge in [0.1, 0.15) is 0 Å². The fraction of sp³-hybridized carbons (Fsp3) is 0.240. The second kappa shape index (κ2) is 8.50. The number of nitrogens with zero attached hydrogens (tertiary/aromatic N) is 2. The highest BCUT2D eigenvalue weighted by molar-refractivity contribution is 5.95. The van der Waals surface area contributed by atoms with E-state index in [1.807, 2.05) is 24.0 Å². The summed E-state index contributed by atoms with van der Waals surface area (Å²) in [6, 6.07) is 27.0. The molecule has 3 aromatic carbocycles. The lowest BCUT2D eigenvalue weighted by Gasteiger charge is -2.40. The Morgan fingerprint density at radius 1 is 0.828 bits per heavy atom. The van der Waals surface area contributed by atoms with Crippen molar-refractivity contribution in [3.8, 4) is 0 Å². The molecule has 0 unspecified atom stereocenters. The Labute approximate surface area is 172 Å². The number of benzene rings is 3. The van der Waals surface area contributed by atoms with Crippen molar-refractivity contribution in [1.82, 2.24) is 9.80 Å². The summed E-state index contributed by atoms with van der Waals surface area (Å²) in [5.74, 6) is 0.0658. The lowest BCUT2D eigenvalue weighted by molar-refractivity contribution is 0.0597. The van der Waals surface area contributed by atoms with Gasteiger partial charge in [0.25, 0.3) is 5.91 Å². The Bertz CT molecular complexity index is 904. The van der Waals surface area contributed by atoms with Crippen LogP contribution in [0.2, 0.25) is 0 Å². The molecule has 0 spiro atoms. The van der Waals surface area contributed by atoms with Crippen molar-refractivity contribution >= 4 is 11.6 Å². The van der Waals surface area contributed by atoms with Gasteiger partial charge in [-0.2, -0.15) is 0 Å². The summed E-state index contributed by atoms with van der Waals surface area (Å²) in [5, 5.41) is 0. The van der Waals surface area contributed by atoms with Crippen molar-refractivity contribution in [2.75, 3.05) is 31.9 Å². The lowest BCUT2D eigenvalue weighted by atomic mass is 9.96. The smallest absolute Gasteiger partial charge is 0.254 e. The van der Waals surface area contributed by atoms with Gasteiger partial charge in [0.2, 0.25) is 0 Å². The van der Waals surface area contributed by atoms with Crippen LogP contribution in [0.25, 0.3) is 0 Å². The van der Waals surface area contributed by atoms with Crippen molar-refractivity contribution in [2.45, 2.75) is 13.0 Å². The Morgan fingerprint density at radius 3 is 1.90 bits per heavy atom. The zero-order chi connectivity index (χ0) is 20.2. The zero-order valence-electron chi connectivity index (χ0n) is 16.8. The minimum atomic E-state index is 0.0658. The topological polar surface area (TPSA) is 49.6 Å². The molecule has 148 valence electrons. The van der Waals surface area contributed by atoms with E-state index in [2.05, 4.69) is 65.6 Å². The number of hydrogen-bond donors (Lipinski definition) is 1. The van der Waals surface area contributed by atoms with Crippen LogP contribution in [0.15, 0.2) is 78.9 Å². The minimum absolute atomic E-state index is 0.0658. The first-order valence-electron chi connectivity index (χ1n) is 10.1. The molecule has 2 N–H and O–H groups in total. The molecule has 4 rings (SSSR count). The summed E-state index contributed by atoms with van der Waals surface area (Å²) in [5.41, 5.74) is 10.8. The molecule has 1 aliphatic rings. The van der Waals surface area contributed by atoms with E-state index in [4.69, 9.17) is 5.73 Å². The Kier molecular flexibility index (Phi) is 5.63. The number of aryl methyl sites for hydroxylation is 1. The molecule has 0 saturated carbocycles. The molecule has 1 amide bonds. The number of hydrogen-bond acceptors (Lipinski definition) is 3. The summed E-state index contributed by atoms with van der Waals surface area (Å²) < 4.78 is 0. The van der Waals surface area contributed by atoms with Crippen LogP contribution in [0.1, 0.15) is 33.1 Å². The van der Waals surface area contributed by atoms with E-state index in [0.29, 0.717) is 24.3 Å². The van der Waals surface area contributed by atoms with Gasteiger partial charge in [-0.1, -0.05) is 60.7 Å². The van der Waals surface area contributed by atoms with Gasteiger partial charge >= 0.3 is 0 Å². The first-order valence-corrected chi connectivity index (χ1v) is 10.1. The van der Waals surface area contributed by atoms with Gasteiger partial charge in [-0.15, -0.1) is 0 Å². The summed E-state index contributed by atoms with van der Waals surface area (Å²) in [7, 11) is 0. The van der Waals surface area contributed by atoms with E-state index in [0.717, 1.165) is 18.7 Å². The lowest BCUT2D eigenvalue weighted by Crippen LogP contribution is -2.49. The highest BCUT2D eigenvalue weighted by atomic mass is 16.2. The Hall–Kier alpha value is -3.11. The van der Waals surface area contributed by atoms with E-state index in [9.17, 15) is 4.79 Å². The summed E-state index contributed by atoms with van der Waals surface area (Å²) in [4.78, 5) is 17.4. The minimum Gasteiger partial charge on any atom is -0.399 e. The van der Waals surface area contributed by atoms with Crippen LogP contribution in [0.5, 0.6) is 0 Å². The van der Waals surface area contributed by atoms with Gasteiger partial charge in [0, 0.05) is 37.4 Å². The normalized spacial score (nSPS) is 14.9. The fourth-order valence-corrected chi connectivity index (χ4v) is 4.19. The number of amides is 1. The number of carbonyl (C=O) groups is 1. The number of carbonyl (C=O) groups excluding carboxylic acids is 1. The number of anilines is 1. The van der Waals surface area contributed by atoms with E-state index in [-0.39, 0.29) is 11.9 Å². The van der Waals surface area contributed by atoms with E-state index in [1.165, 1.54) is 11.1 Å². The van der Waals surface area contributed by atoms with E-state index < -0.39 is 0 Å². The molecule has 0 aromatic heterocycles. The standard InChI is InChI=1S/C25H27N3O/c1-19-16-22(18-23(26)17-19)25(29)28-14-12-27(13-15-28)24(20-8-4-2-5-9-20)21-10-6-3-7-11-21/h2-11,16-18,24H,12-15,26H2,1H3. The molecule has 0 atom stereocenters. The predicted octanol–water partition coefficient (Wildman–Crippen LogP) is 4.12. The van der Waals surface area contributed by atoms with Crippen LogP contribution in [0, 0.1) is 6.92 Å².